The average Bonchev–Trinajstić information content (AvgIpc) is 2.31. The van der Waals surface area contributed by atoms with Crippen LogP contribution in [0.1, 0.15) is 5.56 Å². The molecule has 1 aromatic carbocycles. The Bertz CT molecular complexity index is 345. The smallest absolute Gasteiger partial charge is 0.0923 e. The predicted molar refractivity (Wildman–Crippen MR) is 63.8 cm³/mol. The first kappa shape index (κ1) is 11.9. The summed E-state index contributed by atoms with van der Waals surface area (Å²) in [6.07, 6.45) is 0. The number of hydrogen-bond donors (Lipinski definition) is 1. The Morgan fingerprint density at radius 1 is 1.50 bits per heavy atom. The van der Waals surface area contributed by atoms with Gasteiger partial charge in [-0.2, -0.15) is 0 Å². The number of halogens is 1. The Morgan fingerprint density at radius 2 is 2.31 bits per heavy atom. The molecule has 1 atom stereocenters. The maximum absolute atomic E-state index is 6.23. The van der Waals surface area contributed by atoms with Gasteiger partial charge in [-0.1, -0.05) is 29.8 Å². The highest BCUT2D eigenvalue weighted by atomic mass is 35.5. The van der Waals surface area contributed by atoms with E-state index in [0.29, 0.717) is 13.2 Å². The lowest BCUT2D eigenvalue weighted by atomic mass is 9.90. The van der Waals surface area contributed by atoms with Gasteiger partial charge in [0.05, 0.1) is 25.4 Å². The van der Waals surface area contributed by atoms with E-state index in [4.69, 9.17) is 21.1 Å². The van der Waals surface area contributed by atoms with E-state index in [2.05, 4.69) is 5.32 Å². The number of methoxy groups -OCH3 is 1. The second-order valence-electron chi connectivity index (χ2n) is 3.97. The van der Waals surface area contributed by atoms with Crippen molar-refractivity contribution in [2.45, 2.75) is 5.54 Å². The number of nitrogens with one attached hydrogen (secondary N) is 1. The molecule has 1 unspecified atom stereocenters. The molecule has 1 aliphatic rings. The molecular formula is C12H16ClNO2. The van der Waals surface area contributed by atoms with E-state index in [0.717, 1.165) is 23.7 Å². The van der Waals surface area contributed by atoms with Crippen LogP contribution in [-0.4, -0.2) is 33.5 Å². The molecule has 16 heavy (non-hydrogen) atoms. The highest BCUT2D eigenvalue weighted by Crippen LogP contribution is 2.30. The molecule has 2 rings (SSSR count). The first-order chi connectivity index (χ1) is 7.78. The Morgan fingerprint density at radius 3 is 2.94 bits per heavy atom. The van der Waals surface area contributed by atoms with Gasteiger partial charge in [-0.05, 0) is 11.6 Å². The lowest BCUT2D eigenvalue weighted by Gasteiger charge is -2.38. The van der Waals surface area contributed by atoms with Crippen LogP contribution < -0.4 is 5.32 Å². The van der Waals surface area contributed by atoms with Gasteiger partial charge < -0.3 is 14.8 Å². The normalized spacial score (nSPS) is 25.6. The zero-order chi connectivity index (χ0) is 11.4. The third-order valence-electron chi connectivity index (χ3n) is 2.84. The van der Waals surface area contributed by atoms with Gasteiger partial charge in [-0.25, -0.2) is 0 Å². The summed E-state index contributed by atoms with van der Waals surface area (Å²) in [6.45, 7) is 2.69. The van der Waals surface area contributed by atoms with E-state index in [1.165, 1.54) is 0 Å². The van der Waals surface area contributed by atoms with E-state index in [1.807, 2.05) is 24.3 Å². The first-order valence-electron chi connectivity index (χ1n) is 5.35. The molecule has 0 radical (unpaired) electrons. The van der Waals surface area contributed by atoms with Crippen molar-refractivity contribution in [1.82, 2.24) is 5.32 Å². The number of benzene rings is 1. The third-order valence-corrected chi connectivity index (χ3v) is 3.17. The molecular weight excluding hydrogens is 226 g/mol. The molecule has 0 aliphatic carbocycles. The molecule has 1 saturated heterocycles. The second kappa shape index (κ2) is 5.15. The molecule has 0 saturated carbocycles. The van der Waals surface area contributed by atoms with Crippen LogP contribution in [-0.2, 0) is 15.0 Å². The van der Waals surface area contributed by atoms with Gasteiger partial charge >= 0.3 is 0 Å². The van der Waals surface area contributed by atoms with E-state index in [-0.39, 0.29) is 5.54 Å². The molecule has 4 heteroatoms. The highest BCUT2D eigenvalue weighted by Gasteiger charge is 2.36. The third kappa shape index (κ3) is 2.23. The summed E-state index contributed by atoms with van der Waals surface area (Å²) in [5, 5.41) is 4.20. The molecule has 0 aromatic heterocycles. The fourth-order valence-electron chi connectivity index (χ4n) is 2.10. The summed E-state index contributed by atoms with van der Waals surface area (Å²) in [4.78, 5) is 0. The molecule has 3 nitrogen and oxygen atoms in total. The van der Waals surface area contributed by atoms with Crippen LogP contribution in [0.4, 0.5) is 0 Å². The Hall–Kier alpha value is -0.610. The van der Waals surface area contributed by atoms with Crippen molar-refractivity contribution in [2.24, 2.45) is 0 Å². The van der Waals surface area contributed by atoms with Crippen molar-refractivity contribution in [1.29, 1.82) is 0 Å². The maximum Gasteiger partial charge on any atom is 0.0923 e. The molecule has 0 bridgehead atoms. The van der Waals surface area contributed by atoms with Gasteiger partial charge in [0.15, 0.2) is 0 Å². The van der Waals surface area contributed by atoms with Gasteiger partial charge in [0.25, 0.3) is 0 Å². The fraction of sp³-hybridized carbons (Fsp3) is 0.500. The Labute approximate surface area is 101 Å². The van der Waals surface area contributed by atoms with E-state index in [1.54, 1.807) is 7.11 Å². The number of morpholine rings is 1. The van der Waals surface area contributed by atoms with Crippen LogP contribution in [0.25, 0.3) is 0 Å². The SMILES string of the molecule is COCC1(c2ccccc2Cl)COCCN1. The molecule has 1 heterocycles. The fourth-order valence-corrected chi connectivity index (χ4v) is 2.42. The van der Waals surface area contributed by atoms with Gasteiger partial charge in [0.2, 0.25) is 0 Å². The maximum atomic E-state index is 6.23. The molecule has 1 aliphatic heterocycles. The Balaban J connectivity index is 2.34. The van der Waals surface area contributed by atoms with E-state index in [9.17, 15) is 0 Å². The largest absolute Gasteiger partial charge is 0.382 e. The van der Waals surface area contributed by atoms with Crippen molar-refractivity contribution in [3.8, 4) is 0 Å². The van der Waals surface area contributed by atoms with Crippen molar-refractivity contribution >= 4 is 11.6 Å². The quantitative estimate of drug-likeness (QED) is 0.876. The van der Waals surface area contributed by atoms with Gasteiger partial charge in [0.1, 0.15) is 0 Å². The van der Waals surface area contributed by atoms with Crippen molar-refractivity contribution in [2.75, 3.05) is 33.5 Å². The number of ether oxygens (including phenoxy) is 2. The minimum Gasteiger partial charge on any atom is -0.382 e. The minimum atomic E-state index is -0.314. The molecule has 1 aromatic rings. The Kier molecular flexibility index (Phi) is 3.82. The van der Waals surface area contributed by atoms with Crippen molar-refractivity contribution in [3.05, 3.63) is 34.9 Å². The molecule has 1 N–H and O–H groups in total. The average molecular weight is 242 g/mol. The molecule has 0 amide bonds. The molecule has 88 valence electrons. The molecule has 0 spiro atoms. The van der Waals surface area contributed by atoms with Crippen molar-refractivity contribution < 1.29 is 9.47 Å². The summed E-state index contributed by atoms with van der Waals surface area (Å²) in [5.74, 6) is 0. The standard InChI is InChI=1S/C12H16ClNO2/c1-15-8-12(9-16-7-6-14-12)10-4-2-3-5-11(10)13/h2-5,14H,6-9H2,1H3. The summed E-state index contributed by atoms with van der Waals surface area (Å²) in [7, 11) is 1.69. The summed E-state index contributed by atoms with van der Waals surface area (Å²) >= 11 is 6.23. The first-order valence-corrected chi connectivity index (χ1v) is 5.73. The summed E-state index contributed by atoms with van der Waals surface area (Å²) in [6, 6.07) is 7.82. The van der Waals surface area contributed by atoms with E-state index >= 15 is 0 Å². The van der Waals surface area contributed by atoms with Crippen molar-refractivity contribution in [3.63, 3.8) is 0 Å². The van der Waals surface area contributed by atoms with Gasteiger partial charge in [-0.15, -0.1) is 0 Å². The van der Waals surface area contributed by atoms with Crippen LogP contribution in [0.2, 0.25) is 5.02 Å². The van der Waals surface area contributed by atoms with Gasteiger partial charge in [-0.3, -0.25) is 0 Å². The monoisotopic (exact) mass is 241 g/mol. The van der Waals surface area contributed by atoms with Crippen LogP contribution in [0.15, 0.2) is 24.3 Å². The second-order valence-corrected chi connectivity index (χ2v) is 4.38. The van der Waals surface area contributed by atoms with E-state index < -0.39 is 0 Å². The number of rotatable bonds is 3. The predicted octanol–water partition coefficient (Wildman–Crippen LogP) is 1.80. The lowest BCUT2D eigenvalue weighted by molar-refractivity contribution is -0.0146. The number of hydrogen-bond acceptors (Lipinski definition) is 3. The van der Waals surface area contributed by atoms with Crippen LogP contribution >= 0.6 is 11.6 Å². The zero-order valence-electron chi connectivity index (χ0n) is 9.33. The van der Waals surface area contributed by atoms with Crippen LogP contribution in [0, 0.1) is 0 Å². The lowest BCUT2D eigenvalue weighted by Crippen LogP contribution is -2.54. The van der Waals surface area contributed by atoms with Gasteiger partial charge in [0, 0.05) is 18.7 Å². The zero-order valence-corrected chi connectivity index (χ0v) is 10.1. The summed E-state index contributed by atoms with van der Waals surface area (Å²) < 4.78 is 10.8. The van der Waals surface area contributed by atoms with Crippen LogP contribution in [0.5, 0.6) is 0 Å². The summed E-state index contributed by atoms with van der Waals surface area (Å²) in [5.41, 5.74) is 0.726. The topological polar surface area (TPSA) is 30.5 Å². The highest BCUT2D eigenvalue weighted by molar-refractivity contribution is 6.31. The molecule has 1 fully saturated rings. The minimum absolute atomic E-state index is 0.314. The van der Waals surface area contributed by atoms with Crippen LogP contribution in [0.3, 0.4) is 0 Å².